The summed E-state index contributed by atoms with van der Waals surface area (Å²) in [6.45, 7) is 1.95. The maximum atomic E-state index is 13.3. The predicted octanol–water partition coefficient (Wildman–Crippen LogP) is 5.74. The number of aryl methyl sites for hydroxylation is 1. The largest absolute Gasteiger partial charge is 0.299 e. The van der Waals surface area contributed by atoms with Gasteiger partial charge in [-0.1, -0.05) is 18.6 Å². The maximum absolute atomic E-state index is 13.3. The number of pyridine rings is 2. The van der Waals surface area contributed by atoms with Crippen LogP contribution in [-0.4, -0.2) is 25.5 Å². The molecule has 0 N–H and O–H groups in total. The Balaban J connectivity index is 1.24. The highest BCUT2D eigenvalue weighted by Crippen LogP contribution is 2.37. The van der Waals surface area contributed by atoms with E-state index in [-0.39, 0.29) is 11.6 Å². The molecular formula is C27H27FN4O. The molecule has 1 fully saturated rings. The number of ketones is 1. The number of halogens is 1. The zero-order chi connectivity index (χ0) is 22.8. The van der Waals surface area contributed by atoms with E-state index in [1.165, 1.54) is 17.7 Å². The normalized spacial score (nSPS) is 18.5. The first-order valence-electron chi connectivity index (χ1n) is 11.6. The molecule has 3 heterocycles. The van der Waals surface area contributed by atoms with Crippen molar-refractivity contribution >= 4 is 16.7 Å². The molecule has 1 saturated carbocycles. The minimum absolute atomic E-state index is 0.202. The van der Waals surface area contributed by atoms with Crippen LogP contribution in [0.3, 0.4) is 0 Å². The molecule has 2 atom stereocenters. The molecule has 0 radical (unpaired) electrons. The molecule has 1 aromatic carbocycles. The van der Waals surface area contributed by atoms with E-state index in [1.807, 2.05) is 48.1 Å². The summed E-state index contributed by atoms with van der Waals surface area (Å²) in [5.74, 6) is 0.813. The van der Waals surface area contributed by atoms with Crippen molar-refractivity contribution < 1.29 is 9.18 Å². The van der Waals surface area contributed by atoms with E-state index in [0.29, 0.717) is 24.7 Å². The summed E-state index contributed by atoms with van der Waals surface area (Å²) in [7, 11) is 0. The molecule has 5 nitrogen and oxygen atoms in total. The SMILES string of the molecule is Cc1cc(-n2ncc3cc(CC(=O)CC4CCCC(c5ccc(F)cc5)C4)ncc32)ccn1. The van der Waals surface area contributed by atoms with Crippen LogP contribution in [0.4, 0.5) is 4.39 Å². The number of rotatable bonds is 6. The lowest BCUT2D eigenvalue weighted by Crippen LogP contribution is -2.18. The standard InChI is InChI=1S/C27H27FN4O/c1-18-11-25(9-10-29-18)32-27-17-30-24(14-22(27)16-31-32)15-26(33)13-19-3-2-4-21(12-19)20-5-7-23(28)8-6-20/h5-11,14,16-17,19,21H,2-4,12-13,15H2,1H3. The summed E-state index contributed by atoms with van der Waals surface area (Å²) < 4.78 is 15.1. The van der Waals surface area contributed by atoms with Gasteiger partial charge in [-0.15, -0.1) is 0 Å². The molecule has 0 aliphatic heterocycles. The van der Waals surface area contributed by atoms with Gasteiger partial charge in [-0.2, -0.15) is 5.10 Å². The van der Waals surface area contributed by atoms with E-state index in [9.17, 15) is 9.18 Å². The first-order chi connectivity index (χ1) is 16.0. The highest BCUT2D eigenvalue weighted by molar-refractivity contribution is 5.84. The Morgan fingerprint density at radius 2 is 1.94 bits per heavy atom. The van der Waals surface area contributed by atoms with Gasteiger partial charge in [0.25, 0.3) is 0 Å². The molecule has 1 aliphatic carbocycles. The quantitative estimate of drug-likeness (QED) is 0.382. The lowest BCUT2D eigenvalue weighted by molar-refractivity contribution is -0.119. The van der Waals surface area contributed by atoms with Crippen molar-refractivity contribution in [3.63, 3.8) is 0 Å². The number of aromatic nitrogens is 4. The Hall–Kier alpha value is -3.41. The van der Waals surface area contributed by atoms with Crippen molar-refractivity contribution in [2.75, 3.05) is 0 Å². The van der Waals surface area contributed by atoms with Crippen LogP contribution in [-0.2, 0) is 11.2 Å². The van der Waals surface area contributed by atoms with Crippen LogP contribution in [0, 0.1) is 18.7 Å². The summed E-state index contributed by atoms with van der Waals surface area (Å²) in [4.78, 5) is 21.7. The Labute approximate surface area is 192 Å². The van der Waals surface area contributed by atoms with E-state index in [4.69, 9.17) is 0 Å². The molecule has 33 heavy (non-hydrogen) atoms. The van der Waals surface area contributed by atoms with Crippen LogP contribution < -0.4 is 0 Å². The molecule has 168 valence electrons. The predicted molar refractivity (Wildman–Crippen MR) is 126 cm³/mol. The van der Waals surface area contributed by atoms with Gasteiger partial charge in [-0.25, -0.2) is 9.07 Å². The molecular weight excluding hydrogens is 415 g/mol. The van der Waals surface area contributed by atoms with Crippen molar-refractivity contribution in [2.24, 2.45) is 5.92 Å². The molecule has 5 rings (SSSR count). The van der Waals surface area contributed by atoms with Crippen molar-refractivity contribution in [3.8, 4) is 5.69 Å². The van der Waals surface area contributed by atoms with E-state index in [2.05, 4.69) is 15.1 Å². The van der Waals surface area contributed by atoms with Gasteiger partial charge in [0, 0.05) is 35.8 Å². The fourth-order valence-electron chi connectivity index (χ4n) is 5.05. The summed E-state index contributed by atoms with van der Waals surface area (Å²) in [6.07, 6.45) is 10.6. The second kappa shape index (κ2) is 9.22. The van der Waals surface area contributed by atoms with Gasteiger partial charge in [0.2, 0.25) is 0 Å². The Bertz CT molecular complexity index is 1280. The Kier molecular flexibility index (Phi) is 5.99. The number of carbonyl (C=O) groups excluding carboxylic acids is 1. The Morgan fingerprint density at radius 3 is 2.76 bits per heavy atom. The topological polar surface area (TPSA) is 60.7 Å². The molecule has 4 aromatic rings. The molecule has 2 unspecified atom stereocenters. The molecule has 6 heteroatoms. The number of hydrogen-bond acceptors (Lipinski definition) is 4. The first kappa shape index (κ1) is 21.4. The lowest BCUT2D eigenvalue weighted by atomic mass is 9.76. The molecule has 0 amide bonds. The second-order valence-electron chi connectivity index (χ2n) is 9.15. The molecule has 0 saturated heterocycles. The van der Waals surface area contributed by atoms with Gasteiger partial charge in [0.15, 0.2) is 0 Å². The summed E-state index contributed by atoms with van der Waals surface area (Å²) in [5, 5.41) is 5.47. The van der Waals surface area contributed by atoms with Crippen LogP contribution in [0.1, 0.15) is 55.0 Å². The summed E-state index contributed by atoms with van der Waals surface area (Å²) in [5.41, 5.74) is 4.74. The monoisotopic (exact) mass is 442 g/mol. The molecule has 0 bridgehead atoms. The highest BCUT2D eigenvalue weighted by atomic mass is 19.1. The average Bonchev–Trinajstić information content (AvgIpc) is 3.23. The number of hydrogen-bond donors (Lipinski definition) is 0. The van der Waals surface area contributed by atoms with Crippen LogP contribution >= 0.6 is 0 Å². The van der Waals surface area contributed by atoms with Gasteiger partial charge in [-0.3, -0.25) is 14.8 Å². The highest BCUT2D eigenvalue weighted by Gasteiger charge is 2.25. The van der Waals surface area contributed by atoms with Crippen molar-refractivity contribution in [1.82, 2.24) is 19.7 Å². The second-order valence-corrected chi connectivity index (χ2v) is 9.15. The smallest absolute Gasteiger partial charge is 0.139 e. The van der Waals surface area contributed by atoms with Gasteiger partial charge in [0.05, 0.1) is 23.6 Å². The zero-order valence-electron chi connectivity index (χ0n) is 18.7. The van der Waals surface area contributed by atoms with Crippen LogP contribution in [0.25, 0.3) is 16.6 Å². The molecule has 0 spiro atoms. The fourth-order valence-corrected chi connectivity index (χ4v) is 5.05. The number of fused-ring (bicyclic) bond motifs is 1. The van der Waals surface area contributed by atoms with E-state index in [0.717, 1.165) is 53.7 Å². The van der Waals surface area contributed by atoms with Gasteiger partial charge in [0.1, 0.15) is 11.6 Å². The number of nitrogens with zero attached hydrogens (tertiary/aromatic N) is 4. The third-order valence-corrected chi connectivity index (χ3v) is 6.65. The zero-order valence-corrected chi connectivity index (χ0v) is 18.7. The van der Waals surface area contributed by atoms with Crippen molar-refractivity contribution in [2.45, 2.75) is 51.4 Å². The number of carbonyl (C=O) groups is 1. The third-order valence-electron chi connectivity index (χ3n) is 6.65. The third kappa shape index (κ3) is 4.85. The minimum Gasteiger partial charge on any atom is -0.299 e. The Morgan fingerprint density at radius 1 is 1.09 bits per heavy atom. The van der Waals surface area contributed by atoms with Gasteiger partial charge >= 0.3 is 0 Å². The molecule has 3 aromatic heterocycles. The van der Waals surface area contributed by atoms with Crippen molar-refractivity contribution in [3.05, 3.63) is 83.8 Å². The fraction of sp³-hybridized carbons (Fsp3) is 0.333. The van der Waals surface area contributed by atoms with E-state index >= 15 is 0 Å². The average molecular weight is 443 g/mol. The van der Waals surface area contributed by atoms with Gasteiger partial charge in [-0.05, 0) is 73.9 Å². The van der Waals surface area contributed by atoms with Gasteiger partial charge < -0.3 is 0 Å². The minimum atomic E-state index is -0.202. The first-order valence-corrected chi connectivity index (χ1v) is 11.6. The maximum Gasteiger partial charge on any atom is 0.139 e. The van der Waals surface area contributed by atoms with Crippen LogP contribution in [0.2, 0.25) is 0 Å². The van der Waals surface area contributed by atoms with Crippen LogP contribution in [0.5, 0.6) is 0 Å². The summed E-state index contributed by atoms with van der Waals surface area (Å²) in [6, 6.07) is 12.7. The van der Waals surface area contributed by atoms with Crippen molar-refractivity contribution in [1.29, 1.82) is 0 Å². The van der Waals surface area contributed by atoms with E-state index in [1.54, 1.807) is 12.4 Å². The van der Waals surface area contributed by atoms with Crippen LogP contribution in [0.15, 0.2) is 61.1 Å². The molecule has 1 aliphatic rings. The lowest BCUT2D eigenvalue weighted by Gasteiger charge is -2.29. The summed E-state index contributed by atoms with van der Waals surface area (Å²) >= 11 is 0. The number of benzene rings is 1. The number of Topliss-reactive ketones (excluding diaryl/α,β-unsaturated/α-hetero) is 1. The van der Waals surface area contributed by atoms with E-state index < -0.39 is 0 Å².